The maximum atomic E-state index is 10.6. The second-order valence-electron chi connectivity index (χ2n) is 3.79. The zero-order valence-corrected chi connectivity index (χ0v) is 10.7. The Morgan fingerprint density at radius 3 is 2.89 bits per heavy atom. The Labute approximate surface area is 109 Å². The first-order chi connectivity index (χ1) is 8.66. The molecule has 0 fully saturated rings. The van der Waals surface area contributed by atoms with Gasteiger partial charge in [-0.2, -0.15) is 0 Å². The Bertz CT molecular complexity index is 554. The molecule has 94 valence electrons. The largest absolute Gasteiger partial charge is 0.476 e. The lowest BCUT2D eigenvalue weighted by Crippen LogP contribution is -2.01. The first kappa shape index (κ1) is 12.6. The Balaban J connectivity index is 1.88. The number of carboxylic acids is 1. The number of thioether (sulfide) groups is 1. The van der Waals surface area contributed by atoms with Gasteiger partial charge in [-0.15, -0.1) is 16.9 Å². The zero-order chi connectivity index (χ0) is 13.0. The van der Waals surface area contributed by atoms with Crippen LogP contribution in [0.15, 0.2) is 35.4 Å². The maximum absolute atomic E-state index is 10.6. The van der Waals surface area contributed by atoms with Crippen molar-refractivity contribution in [1.82, 2.24) is 15.0 Å². The van der Waals surface area contributed by atoms with Crippen LogP contribution >= 0.6 is 11.8 Å². The molecule has 0 spiro atoms. The van der Waals surface area contributed by atoms with E-state index in [0.29, 0.717) is 6.54 Å². The van der Waals surface area contributed by atoms with Gasteiger partial charge >= 0.3 is 5.97 Å². The van der Waals surface area contributed by atoms with E-state index in [-0.39, 0.29) is 5.69 Å². The molecule has 0 atom stereocenters. The molecule has 0 aliphatic carbocycles. The van der Waals surface area contributed by atoms with Crippen molar-refractivity contribution < 1.29 is 9.90 Å². The van der Waals surface area contributed by atoms with Gasteiger partial charge in [0.15, 0.2) is 5.69 Å². The molecule has 1 heterocycles. The van der Waals surface area contributed by atoms with Gasteiger partial charge in [0.05, 0.1) is 12.7 Å². The first-order valence-corrected chi connectivity index (χ1v) is 6.47. The molecule has 1 aromatic heterocycles. The Morgan fingerprint density at radius 1 is 1.44 bits per heavy atom. The molecule has 2 rings (SSSR count). The number of hydrogen-bond donors (Lipinski definition) is 1. The number of carboxylic acid groups (broad SMARTS) is 1. The van der Waals surface area contributed by atoms with Gasteiger partial charge in [-0.25, -0.2) is 4.79 Å². The molecular weight excluding hydrogens is 250 g/mol. The van der Waals surface area contributed by atoms with Crippen molar-refractivity contribution in [3.8, 4) is 0 Å². The van der Waals surface area contributed by atoms with Gasteiger partial charge in [0.1, 0.15) is 0 Å². The molecule has 0 radical (unpaired) electrons. The fourth-order valence-electron chi connectivity index (χ4n) is 1.47. The number of aromatic carboxylic acids is 1. The average molecular weight is 263 g/mol. The number of benzene rings is 1. The van der Waals surface area contributed by atoms with Crippen molar-refractivity contribution >= 4 is 17.7 Å². The van der Waals surface area contributed by atoms with Crippen LogP contribution in [0.2, 0.25) is 0 Å². The SMILES string of the molecule is Cc1ccccc1SCCn1cc(C(=O)O)nn1. The van der Waals surface area contributed by atoms with E-state index in [1.165, 1.54) is 16.7 Å². The minimum Gasteiger partial charge on any atom is -0.476 e. The second-order valence-corrected chi connectivity index (χ2v) is 4.92. The van der Waals surface area contributed by atoms with Gasteiger partial charge in [-0.05, 0) is 18.6 Å². The summed E-state index contributed by atoms with van der Waals surface area (Å²) in [5.74, 6) is -0.222. The third kappa shape index (κ3) is 3.10. The lowest BCUT2D eigenvalue weighted by molar-refractivity contribution is 0.0690. The third-order valence-electron chi connectivity index (χ3n) is 2.43. The Kier molecular flexibility index (Phi) is 3.99. The average Bonchev–Trinajstić information content (AvgIpc) is 2.80. The number of carbonyl (C=O) groups is 1. The summed E-state index contributed by atoms with van der Waals surface area (Å²) in [5, 5.41) is 16.0. The first-order valence-electron chi connectivity index (χ1n) is 5.48. The van der Waals surface area contributed by atoms with Crippen LogP contribution in [-0.2, 0) is 6.54 Å². The van der Waals surface area contributed by atoms with Crippen LogP contribution in [0, 0.1) is 6.92 Å². The summed E-state index contributed by atoms with van der Waals surface area (Å²) in [6.45, 7) is 2.71. The number of nitrogens with zero attached hydrogens (tertiary/aromatic N) is 3. The highest BCUT2D eigenvalue weighted by Crippen LogP contribution is 2.21. The predicted octanol–water partition coefficient (Wildman–Crippen LogP) is 2.08. The summed E-state index contributed by atoms with van der Waals surface area (Å²) >= 11 is 1.72. The Hall–Kier alpha value is -1.82. The molecule has 0 saturated carbocycles. The van der Waals surface area contributed by atoms with E-state index in [1.54, 1.807) is 16.4 Å². The van der Waals surface area contributed by atoms with Gasteiger partial charge in [-0.1, -0.05) is 23.4 Å². The van der Waals surface area contributed by atoms with Gasteiger partial charge in [0.25, 0.3) is 0 Å². The van der Waals surface area contributed by atoms with Crippen molar-refractivity contribution in [1.29, 1.82) is 0 Å². The summed E-state index contributed by atoms with van der Waals surface area (Å²) in [5.41, 5.74) is 1.23. The third-order valence-corrected chi connectivity index (χ3v) is 3.59. The molecule has 6 heteroatoms. The van der Waals surface area contributed by atoms with Crippen LogP contribution < -0.4 is 0 Å². The van der Waals surface area contributed by atoms with E-state index < -0.39 is 5.97 Å². The maximum Gasteiger partial charge on any atom is 0.358 e. The van der Waals surface area contributed by atoms with Crippen LogP contribution in [0.25, 0.3) is 0 Å². The van der Waals surface area contributed by atoms with Crippen LogP contribution in [-0.4, -0.2) is 31.8 Å². The van der Waals surface area contributed by atoms with Crippen LogP contribution in [0.5, 0.6) is 0 Å². The highest BCUT2D eigenvalue weighted by Gasteiger charge is 2.07. The van der Waals surface area contributed by atoms with Gasteiger partial charge in [-0.3, -0.25) is 4.68 Å². The molecule has 1 aromatic carbocycles. The van der Waals surface area contributed by atoms with Crippen LogP contribution in [0.1, 0.15) is 16.1 Å². The molecule has 1 N–H and O–H groups in total. The monoisotopic (exact) mass is 263 g/mol. The van der Waals surface area contributed by atoms with Crippen molar-refractivity contribution in [2.75, 3.05) is 5.75 Å². The molecule has 0 bridgehead atoms. The number of hydrogen-bond acceptors (Lipinski definition) is 4. The normalized spacial score (nSPS) is 10.5. The summed E-state index contributed by atoms with van der Waals surface area (Å²) in [6, 6.07) is 8.16. The van der Waals surface area contributed by atoms with Crippen molar-refractivity contribution in [2.45, 2.75) is 18.4 Å². The Morgan fingerprint density at radius 2 is 2.22 bits per heavy atom. The fourth-order valence-corrected chi connectivity index (χ4v) is 2.44. The summed E-state index contributed by atoms with van der Waals surface area (Å²) < 4.78 is 1.55. The molecule has 0 aliphatic rings. The standard InChI is InChI=1S/C12H13N3O2S/c1-9-4-2-3-5-11(9)18-7-6-15-8-10(12(16)17)13-14-15/h2-5,8H,6-7H2,1H3,(H,16,17). The van der Waals surface area contributed by atoms with Gasteiger partial charge in [0.2, 0.25) is 0 Å². The molecule has 0 unspecified atom stereocenters. The van der Waals surface area contributed by atoms with Crippen LogP contribution in [0.4, 0.5) is 0 Å². The minimum absolute atomic E-state index is 0.0177. The minimum atomic E-state index is -1.05. The smallest absolute Gasteiger partial charge is 0.358 e. The summed E-state index contributed by atoms with van der Waals surface area (Å²) in [7, 11) is 0. The summed E-state index contributed by atoms with van der Waals surface area (Å²) in [6.07, 6.45) is 1.45. The fraction of sp³-hybridized carbons (Fsp3) is 0.250. The summed E-state index contributed by atoms with van der Waals surface area (Å²) in [4.78, 5) is 11.9. The van der Waals surface area contributed by atoms with Gasteiger partial charge < -0.3 is 5.11 Å². The van der Waals surface area contributed by atoms with Gasteiger partial charge in [0, 0.05) is 10.6 Å². The van der Waals surface area contributed by atoms with Crippen molar-refractivity contribution in [3.63, 3.8) is 0 Å². The predicted molar refractivity (Wildman–Crippen MR) is 68.9 cm³/mol. The zero-order valence-electron chi connectivity index (χ0n) is 9.91. The highest BCUT2D eigenvalue weighted by molar-refractivity contribution is 7.99. The number of aromatic nitrogens is 3. The highest BCUT2D eigenvalue weighted by atomic mass is 32.2. The topological polar surface area (TPSA) is 68.0 Å². The quantitative estimate of drug-likeness (QED) is 0.836. The molecule has 0 amide bonds. The van der Waals surface area contributed by atoms with Crippen LogP contribution in [0.3, 0.4) is 0 Å². The van der Waals surface area contributed by atoms with E-state index in [0.717, 1.165) is 5.75 Å². The van der Waals surface area contributed by atoms with E-state index in [4.69, 9.17) is 5.11 Å². The second kappa shape index (κ2) is 5.68. The number of rotatable bonds is 5. The molecule has 0 aliphatic heterocycles. The lowest BCUT2D eigenvalue weighted by atomic mass is 10.2. The van der Waals surface area contributed by atoms with Crippen molar-refractivity contribution in [3.05, 3.63) is 41.7 Å². The number of aryl methyl sites for hydroxylation is 2. The van der Waals surface area contributed by atoms with E-state index in [2.05, 4.69) is 29.4 Å². The van der Waals surface area contributed by atoms with Crippen molar-refractivity contribution in [2.24, 2.45) is 0 Å². The van der Waals surface area contributed by atoms with E-state index in [1.807, 2.05) is 12.1 Å². The van der Waals surface area contributed by atoms with E-state index in [9.17, 15) is 4.79 Å². The van der Waals surface area contributed by atoms with E-state index >= 15 is 0 Å². The molecule has 18 heavy (non-hydrogen) atoms. The molecule has 5 nitrogen and oxygen atoms in total. The molecule has 0 saturated heterocycles. The molecule has 2 aromatic rings. The molecular formula is C12H13N3O2S. The lowest BCUT2D eigenvalue weighted by Gasteiger charge is -2.04.